The van der Waals surface area contributed by atoms with Crippen LogP contribution in [-0.4, -0.2) is 0 Å². The van der Waals surface area contributed by atoms with E-state index in [1.54, 1.807) is 0 Å². The van der Waals surface area contributed by atoms with Crippen molar-refractivity contribution in [2.75, 3.05) is 0 Å². The summed E-state index contributed by atoms with van der Waals surface area (Å²) < 4.78 is 0. The van der Waals surface area contributed by atoms with Gasteiger partial charge in [0.05, 0.1) is 0 Å². The van der Waals surface area contributed by atoms with E-state index in [0.29, 0.717) is 21.7 Å². The summed E-state index contributed by atoms with van der Waals surface area (Å²) in [6, 6.07) is 0. The summed E-state index contributed by atoms with van der Waals surface area (Å²) >= 11 is 0. The molecule has 0 aromatic rings. The van der Waals surface area contributed by atoms with E-state index >= 15 is 0 Å². The Balaban J connectivity index is 1.58. The van der Waals surface area contributed by atoms with Crippen LogP contribution in [0.2, 0.25) is 0 Å². The molecule has 4 aliphatic rings. The fraction of sp³-hybridized carbons (Fsp3) is 0.933. The second-order valence-electron chi connectivity index (χ2n) is 14.0. The van der Waals surface area contributed by atoms with Crippen LogP contribution in [0.1, 0.15) is 126 Å². The van der Waals surface area contributed by atoms with Crippen molar-refractivity contribution in [2.45, 2.75) is 126 Å². The molecule has 0 aliphatic heterocycles. The summed E-state index contributed by atoms with van der Waals surface area (Å²) in [4.78, 5) is 0. The second kappa shape index (κ2) is 7.66. The molecule has 0 spiro atoms. The summed E-state index contributed by atoms with van der Waals surface area (Å²) in [5.74, 6) is 4.78. The van der Waals surface area contributed by atoms with Gasteiger partial charge in [-0.25, -0.2) is 0 Å². The van der Waals surface area contributed by atoms with Crippen molar-refractivity contribution in [3.8, 4) is 0 Å². The van der Waals surface area contributed by atoms with Crippen LogP contribution in [0.3, 0.4) is 0 Å². The summed E-state index contributed by atoms with van der Waals surface area (Å²) in [6.07, 6.45) is 18.7. The van der Waals surface area contributed by atoms with Crippen molar-refractivity contribution in [1.82, 2.24) is 0 Å². The zero-order chi connectivity index (χ0) is 21.9. The number of rotatable bonds is 4. The number of hydrogen-bond acceptors (Lipinski definition) is 0. The van der Waals surface area contributed by atoms with Gasteiger partial charge in [-0.05, 0) is 129 Å². The molecule has 172 valence electrons. The number of allylic oxidation sites excluding steroid dienone is 2. The summed E-state index contributed by atoms with van der Waals surface area (Å²) in [7, 11) is 0. The van der Waals surface area contributed by atoms with Crippen LogP contribution in [0.4, 0.5) is 0 Å². The van der Waals surface area contributed by atoms with E-state index in [9.17, 15) is 0 Å². The highest BCUT2D eigenvalue weighted by atomic mass is 14.7. The summed E-state index contributed by atoms with van der Waals surface area (Å²) in [6.45, 7) is 20.6. The highest BCUT2D eigenvalue weighted by Gasteiger charge is 2.67. The maximum Gasteiger partial charge on any atom is -0.0235 e. The first-order valence-electron chi connectivity index (χ1n) is 13.6. The van der Waals surface area contributed by atoms with E-state index < -0.39 is 0 Å². The molecule has 1 unspecified atom stereocenters. The van der Waals surface area contributed by atoms with Gasteiger partial charge in [0.25, 0.3) is 0 Å². The largest absolute Gasteiger partial charge is 0.0859 e. The summed E-state index contributed by atoms with van der Waals surface area (Å²) in [5, 5.41) is 0. The van der Waals surface area contributed by atoms with Crippen molar-refractivity contribution in [2.24, 2.45) is 51.2 Å². The zero-order valence-electron chi connectivity index (χ0n) is 21.7. The van der Waals surface area contributed by atoms with Crippen LogP contribution in [0.5, 0.6) is 0 Å². The highest BCUT2D eigenvalue weighted by molar-refractivity contribution is 5.16. The molecule has 0 nitrogen and oxygen atoms in total. The molecule has 4 saturated carbocycles. The minimum atomic E-state index is 0.559. The van der Waals surface area contributed by atoms with E-state index in [-0.39, 0.29) is 0 Å². The molecule has 0 aromatic heterocycles. The molecule has 8 atom stereocenters. The van der Waals surface area contributed by atoms with Crippen LogP contribution in [0.15, 0.2) is 11.6 Å². The first kappa shape index (κ1) is 22.9. The minimum Gasteiger partial charge on any atom is -0.0859 e. The molecule has 0 aromatic carbocycles. The first-order chi connectivity index (χ1) is 14.0. The lowest BCUT2D eigenvalue weighted by molar-refractivity contribution is -0.203. The zero-order valence-corrected chi connectivity index (χ0v) is 21.7. The third-order valence-corrected chi connectivity index (χ3v) is 12.1. The van der Waals surface area contributed by atoms with Crippen LogP contribution in [-0.2, 0) is 0 Å². The van der Waals surface area contributed by atoms with Crippen molar-refractivity contribution in [1.29, 1.82) is 0 Å². The highest BCUT2D eigenvalue weighted by Crippen LogP contribution is 2.75. The molecular weight excluding hydrogens is 360 g/mol. The maximum atomic E-state index is 2.78. The van der Waals surface area contributed by atoms with Gasteiger partial charge < -0.3 is 0 Å². The Morgan fingerprint density at radius 1 is 0.833 bits per heavy atom. The Kier molecular flexibility index (Phi) is 5.85. The van der Waals surface area contributed by atoms with Gasteiger partial charge in [0, 0.05) is 0 Å². The average Bonchev–Trinajstić information content (AvgIpc) is 2.99. The van der Waals surface area contributed by atoms with E-state index in [1.165, 1.54) is 76.2 Å². The molecule has 0 amide bonds. The minimum absolute atomic E-state index is 0.559. The SMILES string of the molecule is CC(C)=CCC[C@@H](C)[C@H]1CC[C@@]2(C)[C@H]1CC[C@H]1[C@@]3(C)CCCC(C)(C)C3CC[C@]12C. The normalized spacial score (nSPS) is 48.3. The van der Waals surface area contributed by atoms with Crippen LogP contribution in [0, 0.1) is 51.2 Å². The quantitative estimate of drug-likeness (QED) is 0.403. The average molecular weight is 413 g/mol. The molecule has 0 N–H and O–H groups in total. The Bertz CT molecular complexity index is 666. The topological polar surface area (TPSA) is 0 Å². The van der Waals surface area contributed by atoms with Gasteiger partial charge in [0.15, 0.2) is 0 Å². The Hall–Kier alpha value is -0.260. The monoisotopic (exact) mass is 412 g/mol. The molecule has 0 bridgehead atoms. The lowest BCUT2D eigenvalue weighted by Gasteiger charge is -2.69. The third kappa shape index (κ3) is 3.28. The fourth-order valence-electron chi connectivity index (χ4n) is 10.4. The second-order valence-corrected chi connectivity index (χ2v) is 14.0. The number of fused-ring (bicyclic) bond motifs is 5. The van der Waals surface area contributed by atoms with Gasteiger partial charge in [-0.3, -0.25) is 0 Å². The van der Waals surface area contributed by atoms with E-state index in [0.717, 1.165) is 29.6 Å². The first-order valence-corrected chi connectivity index (χ1v) is 13.6. The Labute approximate surface area is 189 Å². The predicted octanol–water partition coefficient (Wildman–Crippen LogP) is 9.44. The van der Waals surface area contributed by atoms with Crippen molar-refractivity contribution < 1.29 is 0 Å². The molecule has 0 radical (unpaired) electrons. The van der Waals surface area contributed by atoms with Gasteiger partial charge in [0.1, 0.15) is 0 Å². The standard InChI is InChI=1S/C30H52/c1-21(2)11-9-12-22(3)23-15-19-29(7)24(23)13-14-26-28(6)18-10-17-27(4,5)25(28)16-20-30(26,29)8/h11,22-26H,9-10,12-20H2,1-8H3/t22-,23-,24+,25?,26+,28+,29+,30-/m1/s1. The Morgan fingerprint density at radius 2 is 1.53 bits per heavy atom. The molecule has 0 heterocycles. The third-order valence-electron chi connectivity index (χ3n) is 12.1. The predicted molar refractivity (Wildman–Crippen MR) is 131 cm³/mol. The van der Waals surface area contributed by atoms with Crippen molar-refractivity contribution in [3.63, 3.8) is 0 Å². The smallest absolute Gasteiger partial charge is 0.0235 e. The maximum absolute atomic E-state index is 2.78. The van der Waals surface area contributed by atoms with Crippen molar-refractivity contribution in [3.05, 3.63) is 11.6 Å². The van der Waals surface area contributed by atoms with Gasteiger partial charge >= 0.3 is 0 Å². The fourth-order valence-corrected chi connectivity index (χ4v) is 10.4. The molecular formula is C30H52. The van der Waals surface area contributed by atoms with Crippen molar-refractivity contribution >= 4 is 0 Å². The van der Waals surface area contributed by atoms with Gasteiger partial charge in [-0.15, -0.1) is 0 Å². The van der Waals surface area contributed by atoms with E-state index in [2.05, 4.69) is 61.5 Å². The van der Waals surface area contributed by atoms with E-state index in [4.69, 9.17) is 0 Å². The molecule has 0 saturated heterocycles. The molecule has 0 heteroatoms. The molecule has 4 rings (SSSR count). The Morgan fingerprint density at radius 3 is 2.23 bits per heavy atom. The molecule has 30 heavy (non-hydrogen) atoms. The number of hydrogen-bond donors (Lipinski definition) is 0. The van der Waals surface area contributed by atoms with Gasteiger partial charge in [0.2, 0.25) is 0 Å². The lowest BCUT2D eigenvalue weighted by atomic mass is 9.35. The van der Waals surface area contributed by atoms with E-state index in [1.807, 2.05) is 0 Å². The lowest BCUT2D eigenvalue weighted by Crippen LogP contribution is -2.62. The van der Waals surface area contributed by atoms with Crippen LogP contribution >= 0.6 is 0 Å². The van der Waals surface area contributed by atoms with Crippen LogP contribution < -0.4 is 0 Å². The van der Waals surface area contributed by atoms with Crippen LogP contribution in [0.25, 0.3) is 0 Å². The van der Waals surface area contributed by atoms with Gasteiger partial charge in [-0.2, -0.15) is 0 Å². The summed E-state index contributed by atoms with van der Waals surface area (Å²) in [5.41, 5.74) is 3.80. The molecule has 4 fully saturated rings. The molecule has 4 aliphatic carbocycles. The van der Waals surface area contributed by atoms with Gasteiger partial charge in [-0.1, -0.05) is 59.6 Å².